The molecular formula is C15H26N2O2S2. The van der Waals surface area contributed by atoms with Gasteiger partial charge in [0.1, 0.15) is 0 Å². The Labute approximate surface area is 132 Å². The maximum absolute atomic E-state index is 12.9. The largest absolute Gasteiger partial charge is 0.312 e. The molecule has 21 heavy (non-hydrogen) atoms. The Morgan fingerprint density at radius 1 is 1.33 bits per heavy atom. The molecule has 0 saturated heterocycles. The molecule has 1 heterocycles. The number of hydrogen-bond acceptors (Lipinski definition) is 4. The lowest BCUT2D eigenvalue weighted by atomic mass is 9.96. The van der Waals surface area contributed by atoms with E-state index in [-0.39, 0.29) is 6.04 Å². The Balaban J connectivity index is 2.19. The molecule has 1 aliphatic carbocycles. The van der Waals surface area contributed by atoms with Gasteiger partial charge in [0.25, 0.3) is 0 Å². The summed E-state index contributed by atoms with van der Waals surface area (Å²) in [6, 6.07) is 2.01. The van der Waals surface area contributed by atoms with E-state index in [1.165, 1.54) is 6.42 Å². The fourth-order valence-electron chi connectivity index (χ4n) is 2.91. The van der Waals surface area contributed by atoms with Gasteiger partial charge in [0.15, 0.2) is 0 Å². The number of nitrogens with one attached hydrogen (secondary N) is 1. The summed E-state index contributed by atoms with van der Waals surface area (Å²) < 4.78 is 27.3. The first-order chi connectivity index (χ1) is 9.96. The first-order valence-corrected chi connectivity index (χ1v) is 10.0. The molecule has 0 bridgehead atoms. The van der Waals surface area contributed by atoms with Crippen molar-refractivity contribution in [3.8, 4) is 0 Å². The lowest BCUT2D eigenvalue weighted by Crippen LogP contribution is -2.38. The second-order valence-electron chi connectivity index (χ2n) is 5.73. The molecule has 0 aromatic carbocycles. The average molecular weight is 331 g/mol. The van der Waals surface area contributed by atoms with Gasteiger partial charge in [0.05, 0.1) is 4.90 Å². The van der Waals surface area contributed by atoms with E-state index in [4.69, 9.17) is 0 Å². The van der Waals surface area contributed by atoms with Gasteiger partial charge in [-0.1, -0.05) is 26.2 Å². The summed E-state index contributed by atoms with van der Waals surface area (Å²) in [6.07, 6.45) is 5.48. The molecule has 1 aromatic rings. The predicted octanol–water partition coefficient (Wildman–Crippen LogP) is 3.12. The fourth-order valence-corrected chi connectivity index (χ4v) is 5.90. The first-order valence-electron chi connectivity index (χ1n) is 7.75. The Morgan fingerprint density at radius 2 is 2.00 bits per heavy atom. The Kier molecular flexibility index (Phi) is 5.82. The third-order valence-corrected chi connectivity index (χ3v) is 7.43. The highest BCUT2D eigenvalue weighted by molar-refractivity contribution is 7.89. The molecule has 1 aliphatic rings. The molecule has 0 spiro atoms. The van der Waals surface area contributed by atoms with E-state index in [1.54, 1.807) is 22.7 Å². The van der Waals surface area contributed by atoms with Crippen molar-refractivity contribution in [3.05, 3.63) is 15.8 Å². The van der Waals surface area contributed by atoms with Gasteiger partial charge < -0.3 is 5.32 Å². The lowest BCUT2D eigenvalue weighted by molar-refractivity contribution is 0.286. The minimum atomic E-state index is -3.36. The quantitative estimate of drug-likeness (QED) is 0.872. The van der Waals surface area contributed by atoms with E-state index in [2.05, 4.69) is 12.2 Å². The predicted molar refractivity (Wildman–Crippen MR) is 88.3 cm³/mol. The summed E-state index contributed by atoms with van der Waals surface area (Å²) in [4.78, 5) is 2.48. The second kappa shape index (κ2) is 7.22. The van der Waals surface area contributed by atoms with E-state index in [0.29, 0.717) is 4.90 Å². The molecule has 1 saturated carbocycles. The number of nitrogens with zero attached hydrogens (tertiary/aromatic N) is 1. The van der Waals surface area contributed by atoms with Crippen LogP contribution in [0.25, 0.3) is 0 Å². The van der Waals surface area contributed by atoms with Gasteiger partial charge in [0, 0.05) is 29.4 Å². The number of hydrogen-bond donors (Lipinski definition) is 1. The molecule has 120 valence electrons. The summed E-state index contributed by atoms with van der Waals surface area (Å²) in [5, 5.41) is 3.25. The molecule has 6 heteroatoms. The Morgan fingerprint density at radius 3 is 2.62 bits per heavy atom. The third kappa shape index (κ3) is 3.86. The SMILES string of the molecule is CCNCc1cc(S(=O)(=O)N(C)C2CCCCC2)c(C)s1. The molecule has 1 fully saturated rings. The van der Waals surface area contributed by atoms with E-state index in [9.17, 15) is 8.42 Å². The van der Waals surface area contributed by atoms with Crippen LogP contribution in [0.5, 0.6) is 0 Å². The van der Waals surface area contributed by atoms with Gasteiger partial charge in [-0.25, -0.2) is 8.42 Å². The molecular weight excluding hydrogens is 304 g/mol. The van der Waals surface area contributed by atoms with Crippen LogP contribution in [0.2, 0.25) is 0 Å². The number of rotatable bonds is 6. The van der Waals surface area contributed by atoms with Crippen LogP contribution in [0.4, 0.5) is 0 Å². The standard InChI is InChI=1S/C15H26N2O2S2/c1-4-16-11-14-10-15(12(2)20-14)21(18,19)17(3)13-8-6-5-7-9-13/h10,13,16H,4-9,11H2,1-3H3. The molecule has 0 unspecified atom stereocenters. The van der Waals surface area contributed by atoms with E-state index < -0.39 is 10.0 Å². The van der Waals surface area contributed by atoms with Crippen molar-refractivity contribution in [1.29, 1.82) is 0 Å². The minimum Gasteiger partial charge on any atom is -0.312 e. The van der Waals surface area contributed by atoms with Crippen molar-refractivity contribution in [2.24, 2.45) is 0 Å². The Hall–Kier alpha value is -0.430. The summed E-state index contributed by atoms with van der Waals surface area (Å²) >= 11 is 1.58. The van der Waals surface area contributed by atoms with Gasteiger partial charge in [-0.3, -0.25) is 0 Å². The van der Waals surface area contributed by atoms with Crippen LogP contribution >= 0.6 is 11.3 Å². The third-order valence-electron chi connectivity index (χ3n) is 4.22. The highest BCUT2D eigenvalue weighted by Crippen LogP contribution is 2.31. The smallest absolute Gasteiger partial charge is 0.244 e. The highest BCUT2D eigenvalue weighted by atomic mass is 32.2. The molecule has 0 atom stereocenters. The van der Waals surface area contributed by atoms with Crippen LogP contribution in [0.1, 0.15) is 48.8 Å². The van der Waals surface area contributed by atoms with Gasteiger partial charge in [0.2, 0.25) is 10.0 Å². The lowest BCUT2D eigenvalue weighted by Gasteiger charge is -2.30. The van der Waals surface area contributed by atoms with Crippen molar-refractivity contribution in [2.75, 3.05) is 13.6 Å². The summed E-state index contributed by atoms with van der Waals surface area (Å²) in [6.45, 7) is 5.59. The fraction of sp³-hybridized carbons (Fsp3) is 0.733. The van der Waals surface area contributed by atoms with Gasteiger partial charge >= 0.3 is 0 Å². The van der Waals surface area contributed by atoms with Crippen LogP contribution in [0.3, 0.4) is 0 Å². The zero-order valence-corrected chi connectivity index (χ0v) is 14.8. The molecule has 4 nitrogen and oxygen atoms in total. The molecule has 1 N–H and O–H groups in total. The maximum atomic E-state index is 12.9. The van der Waals surface area contributed by atoms with Crippen LogP contribution in [-0.2, 0) is 16.6 Å². The van der Waals surface area contributed by atoms with Crippen LogP contribution < -0.4 is 5.32 Å². The van der Waals surface area contributed by atoms with E-state index in [1.807, 2.05) is 13.0 Å². The summed E-state index contributed by atoms with van der Waals surface area (Å²) in [5.41, 5.74) is 0. The van der Waals surface area contributed by atoms with Gasteiger partial charge in [-0.2, -0.15) is 4.31 Å². The normalized spacial score (nSPS) is 17.5. The van der Waals surface area contributed by atoms with Crippen molar-refractivity contribution in [2.45, 2.75) is 63.4 Å². The van der Waals surface area contributed by atoms with Crippen molar-refractivity contribution in [3.63, 3.8) is 0 Å². The number of thiophene rings is 1. The van der Waals surface area contributed by atoms with Crippen LogP contribution in [-0.4, -0.2) is 32.4 Å². The van der Waals surface area contributed by atoms with Crippen molar-refractivity contribution >= 4 is 21.4 Å². The first kappa shape index (κ1) is 16.9. The monoisotopic (exact) mass is 330 g/mol. The summed E-state index contributed by atoms with van der Waals surface area (Å²) in [7, 11) is -1.62. The molecule has 0 radical (unpaired) electrons. The van der Waals surface area contributed by atoms with E-state index in [0.717, 1.165) is 48.5 Å². The minimum absolute atomic E-state index is 0.167. The number of aryl methyl sites for hydroxylation is 1. The van der Waals surface area contributed by atoms with Crippen molar-refractivity contribution in [1.82, 2.24) is 9.62 Å². The zero-order valence-electron chi connectivity index (χ0n) is 13.2. The summed E-state index contributed by atoms with van der Waals surface area (Å²) in [5.74, 6) is 0. The van der Waals surface area contributed by atoms with Crippen LogP contribution in [0, 0.1) is 6.92 Å². The molecule has 0 amide bonds. The molecule has 2 rings (SSSR count). The molecule has 0 aliphatic heterocycles. The highest BCUT2D eigenvalue weighted by Gasteiger charge is 2.31. The maximum Gasteiger partial charge on any atom is 0.244 e. The number of sulfonamides is 1. The van der Waals surface area contributed by atoms with Gasteiger partial charge in [-0.05, 0) is 32.4 Å². The Bertz CT molecular complexity index is 560. The second-order valence-corrected chi connectivity index (χ2v) is 9.03. The van der Waals surface area contributed by atoms with Crippen molar-refractivity contribution < 1.29 is 8.42 Å². The molecule has 1 aromatic heterocycles. The van der Waals surface area contributed by atoms with Gasteiger partial charge in [-0.15, -0.1) is 11.3 Å². The average Bonchev–Trinajstić information content (AvgIpc) is 2.87. The van der Waals surface area contributed by atoms with E-state index >= 15 is 0 Å². The topological polar surface area (TPSA) is 49.4 Å². The van der Waals surface area contributed by atoms with Crippen LogP contribution in [0.15, 0.2) is 11.0 Å². The zero-order chi connectivity index (χ0) is 15.5.